The Kier molecular flexibility index (Phi) is 102. The zero-order valence-corrected chi connectivity index (χ0v) is 26.6. The first kappa shape index (κ1) is 50.3. The largest absolute Gasteiger partial charge is 1.00 e. The molecule has 6 nitrogen and oxygen atoms in total. The van der Waals surface area contributed by atoms with Gasteiger partial charge in [-0.3, -0.25) is 0 Å². The van der Waals surface area contributed by atoms with Gasteiger partial charge in [0, 0.05) is 0 Å². The van der Waals surface area contributed by atoms with E-state index in [1.807, 2.05) is 0 Å². The zero-order chi connectivity index (χ0) is 12.8. The van der Waals surface area contributed by atoms with E-state index < -0.39 is 11.9 Å². The molecule has 0 aromatic heterocycles. The van der Waals surface area contributed by atoms with Gasteiger partial charge in [-0.25, -0.2) is 0 Å². The third-order valence-corrected chi connectivity index (χ3v) is 1.07. The van der Waals surface area contributed by atoms with Gasteiger partial charge in [0.1, 0.15) is 0 Å². The van der Waals surface area contributed by atoms with Crippen LogP contribution in [0.25, 0.3) is 0 Å². The maximum atomic E-state index is 9.64. The molecule has 0 rings (SSSR count). The van der Waals surface area contributed by atoms with E-state index in [2.05, 4.69) is 0 Å². The van der Waals surface area contributed by atoms with Crippen molar-refractivity contribution in [1.82, 2.24) is 0 Å². The van der Waals surface area contributed by atoms with Crippen LogP contribution in [0.4, 0.5) is 0 Å². The first-order valence-electron chi connectivity index (χ1n) is 4.55. The Bertz CT molecular complexity index is 296. The molecule has 0 aliphatic carbocycles. The van der Waals surface area contributed by atoms with Crippen molar-refractivity contribution in [1.29, 1.82) is 0 Å². The molecule has 0 amide bonds. The van der Waals surface area contributed by atoms with Crippen molar-refractivity contribution in [3.63, 3.8) is 0 Å². The number of carboxylic acids is 2. The average Bonchev–Trinajstić information content (AvgIpc) is 2.18. The molecular weight excluding hydrogens is 397 g/mol. The minimum absolute atomic E-state index is 0. The van der Waals surface area contributed by atoms with Crippen molar-refractivity contribution < 1.29 is 236 Å². The van der Waals surface area contributed by atoms with Crippen LogP contribution in [-0.4, -0.2) is 22.9 Å². The third-order valence-electron chi connectivity index (χ3n) is 1.07. The molecule has 0 aromatic carbocycles. The molecule has 0 spiro atoms. The molecule has 0 aromatic rings. The first-order valence-corrected chi connectivity index (χ1v) is 4.55. The quantitative estimate of drug-likeness (QED) is 0.255. The van der Waals surface area contributed by atoms with E-state index in [-0.39, 0.29) is 216 Å². The van der Waals surface area contributed by atoms with Crippen molar-refractivity contribution in [2.75, 3.05) is 0 Å². The Morgan fingerprint density at radius 1 is 0.636 bits per heavy atom. The Balaban J connectivity index is -0.0000000233. The molecule has 0 radical (unpaired) electrons. The minimum Gasteiger partial charge on any atom is -0.870 e. The van der Waals surface area contributed by atoms with Crippen LogP contribution >= 0.6 is 0 Å². The Morgan fingerprint density at radius 3 is 1.00 bits per heavy atom. The number of hydrogen-bond donors (Lipinski definition) is 0. The fourth-order valence-corrected chi connectivity index (χ4v) is 0.490. The molecule has 0 saturated heterocycles. The van der Waals surface area contributed by atoms with Crippen molar-refractivity contribution in [3.8, 4) is 0 Å². The average molecular weight is 413 g/mol. The van der Waals surface area contributed by atoms with Crippen LogP contribution < -0.4 is 216 Å². The Hall–Kier alpha value is 4.37. The minimum atomic E-state index is -1.16. The molecule has 0 saturated carbocycles. The molecule has 22 heavy (non-hydrogen) atoms. The van der Waals surface area contributed by atoms with Gasteiger partial charge in [-0.05, 0) is 26.0 Å². The van der Waals surface area contributed by atoms with Crippen LogP contribution in [-0.2, 0) is 9.59 Å². The molecule has 0 unspecified atom stereocenters. The number of rotatable bonds is 4. The summed E-state index contributed by atoms with van der Waals surface area (Å²) in [5, 5.41) is 19.3. The van der Waals surface area contributed by atoms with Crippen molar-refractivity contribution in [2.24, 2.45) is 0 Å². The van der Waals surface area contributed by atoms with Gasteiger partial charge < -0.3 is 30.8 Å². The van der Waals surface area contributed by atoms with Crippen LogP contribution in [0.2, 0.25) is 0 Å². The molecular formula is C12H16K4O6. The maximum absolute atomic E-state index is 9.64. The van der Waals surface area contributed by atoms with Gasteiger partial charge in [0.05, 0.1) is 11.9 Å². The van der Waals surface area contributed by atoms with Crippen molar-refractivity contribution >= 4 is 11.9 Å². The molecule has 0 bridgehead atoms. The summed E-state index contributed by atoms with van der Waals surface area (Å²) in [6.45, 7) is 3.61. The predicted molar refractivity (Wildman–Crippen MR) is 61.8 cm³/mol. The van der Waals surface area contributed by atoms with E-state index in [0.717, 1.165) is 12.2 Å². The molecule has 104 valence electrons. The van der Waals surface area contributed by atoms with Crippen LogP contribution in [0.15, 0.2) is 48.6 Å². The number of carbonyl (C=O) groups is 2. The fourth-order valence-electron chi connectivity index (χ4n) is 0.490. The van der Waals surface area contributed by atoms with Crippen molar-refractivity contribution in [3.05, 3.63) is 48.6 Å². The summed E-state index contributed by atoms with van der Waals surface area (Å²) in [6.07, 6.45) is 11.5. The fraction of sp³-hybridized carbons (Fsp3) is 0.167. The van der Waals surface area contributed by atoms with Gasteiger partial charge in [0.25, 0.3) is 0 Å². The Morgan fingerprint density at radius 2 is 0.864 bits per heavy atom. The van der Waals surface area contributed by atoms with Gasteiger partial charge in [0.15, 0.2) is 0 Å². The number of allylic oxidation sites excluding steroid dienone is 6. The smallest absolute Gasteiger partial charge is 0.870 e. The molecule has 0 heterocycles. The van der Waals surface area contributed by atoms with E-state index in [9.17, 15) is 19.8 Å². The van der Waals surface area contributed by atoms with E-state index in [1.165, 1.54) is 12.2 Å². The summed E-state index contributed by atoms with van der Waals surface area (Å²) >= 11 is 0. The molecule has 0 atom stereocenters. The third kappa shape index (κ3) is 64.5. The topological polar surface area (TPSA) is 140 Å². The van der Waals surface area contributed by atoms with Gasteiger partial charge in [0.2, 0.25) is 0 Å². The zero-order valence-electron chi connectivity index (χ0n) is 14.1. The first-order chi connectivity index (χ1) is 7.54. The summed E-state index contributed by atoms with van der Waals surface area (Å²) in [4.78, 5) is 19.3. The monoisotopic (exact) mass is 412 g/mol. The van der Waals surface area contributed by atoms with Crippen molar-refractivity contribution in [2.45, 2.75) is 13.8 Å². The SMILES string of the molecule is CC=CC=CC(=O)[O-].CC=CC=CC(=O)[O-].[K+].[K+].[K+].[K+].[OH-].[OH-]. The predicted octanol–water partition coefficient (Wildman–Crippen LogP) is -12.6. The van der Waals surface area contributed by atoms with E-state index in [1.54, 1.807) is 38.2 Å². The van der Waals surface area contributed by atoms with E-state index in [0.29, 0.717) is 0 Å². The summed E-state index contributed by atoms with van der Waals surface area (Å²) in [5.74, 6) is -2.33. The van der Waals surface area contributed by atoms with Crippen LogP contribution in [0, 0.1) is 0 Å². The number of carbonyl (C=O) groups excluding carboxylic acids is 2. The summed E-state index contributed by atoms with van der Waals surface area (Å²) in [7, 11) is 0. The van der Waals surface area contributed by atoms with E-state index in [4.69, 9.17) is 0 Å². The maximum Gasteiger partial charge on any atom is 1.00 e. The van der Waals surface area contributed by atoms with Gasteiger partial charge >= 0.3 is 206 Å². The van der Waals surface area contributed by atoms with Gasteiger partial charge in [-0.1, -0.05) is 36.5 Å². The standard InChI is InChI=1S/2C6H8O2.4K.2H2O/c2*1-2-3-4-5-6(7)8;;;;;;/h2*2-5H,1H3,(H,7,8);;;;;2*1H2/q;;4*+1;;/p-4. The van der Waals surface area contributed by atoms with Crippen LogP contribution in [0.5, 0.6) is 0 Å². The number of aliphatic carboxylic acids is 2. The van der Waals surface area contributed by atoms with E-state index >= 15 is 0 Å². The molecule has 2 N–H and O–H groups in total. The molecule has 0 aliphatic heterocycles. The number of carboxylic acid groups (broad SMARTS) is 2. The second kappa shape index (κ2) is 44.6. The van der Waals surface area contributed by atoms with Gasteiger partial charge in [-0.2, -0.15) is 0 Å². The summed E-state index contributed by atoms with van der Waals surface area (Å²) in [5.41, 5.74) is 0. The summed E-state index contributed by atoms with van der Waals surface area (Å²) < 4.78 is 0. The summed E-state index contributed by atoms with van der Waals surface area (Å²) in [6, 6.07) is 0. The second-order valence-electron chi connectivity index (χ2n) is 2.41. The molecule has 0 aliphatic rings. The second-order valence-corrected chi connectivity index (χ2v) is 2.41. The Labute approximate surface area is 302 Å². The number of hydrogen-bond acceptors (Lipinski definition) is 6. The normalized spacial score (nSPS) is 8.09. The van der Waals surface area contributed by atoms with Gasteiger partial charge in [-0.15, -0.1) is 0 Å². The molecule has 10 heteroatoms. The van der Waals surface area contributed by atoms with Crippen LogP contribution in [0.3, 0.4) is 0 Å². The molecule has 0 fully saturated rings. The van der Waals surface area contributed by atoms with Crippen LogP contribution in [0.1, 0.15) is 13.8 Å².